The van der Waals surface area contributed by atoms with E-state index in [1.807, 2.05) is 13.0 Å². The third-order valence-corrected chi connectivity index (χ3v) is 4.58. The van der Waals surface area contributed by atoms with Crippen LogP contribution in [0, 0.1) is 12.7 Å². The van der Waals surface area contributed by atoms with E-state index in [1.54, 1.807) is 18.2 Å². The van der Waals surface area contributed by atoms with Gasteiger partial charge in [-0.05, 0) is 31.9 Å². The maximum atomic E-state index is 13.7. The summed E-state index contributed by atoms with van der Waals surface area (Å²) in [5.41, 5.74) is 0.258. The highest BCUT2D eigenvalue weighted by Crippen LogP contribution is 2.25. The van der Waals surface area contributed by atoms with Gasteiger partial charge in [-0.3, -0.25) is 9.69 Å². The van der Waals surface area contributed by atoms with Gasteiger partial charge in [0.25, 0.3) is 5.56 Å². The fourth-order valence-corrected chi connectivity index (χ4v) is 3.10. The Morgan fingerprint density at radius 2 is 1.92 bits per heavy atom. The number of aromatic nitrogens is 2. The van der Waals surface area contributed by atoms with Gasteiger partial charge in [-0.15, -0.1) is 0 Å². The van der Waals surface area contributed by atoms with Crippen LogP contribution in [0.15, 0.2) is 41.2 Å². The summed E-state index contributed by atoms with van der Waals surface area (Å²) in [5, 5.41) is 15.0. The number of piperidine rings is 1. The number of halogens is 1. The molecule has 0 radical (unpaired) electrons. The lowest BCUT2D eigenvalue weighted by Crippen LogP contribution is -2.48. The van der Waals surface area contributed by atoms with Crippen molar-refractivity contribution in [3.05, 3.63) is 63.8 Å². The molecule has 2 aromatic rings. The highest BCUT2D eigenvalue weighted by Gasteiger charge is 2.33. The van der Waals surface area contributed by atoms with Gasteiger partial charge in [-0.1, -0.05) is 18.2 Å². The third kappa shape index (κ3) is 3.88. The Morgan fingerprint density at radius 1 is 1.21 bits per heavy atom. The van der Waals surface area contributed by atoms with E-state index < -0.39 is 5.60 Å². The smallest absolute Gasteiger partial charge is 0.266 e. The summed E-state index contributed by atoms with van der Waals surface area (Å²) in [4.78, 5) is 14.0. The lowest BCUT2D eigenvalue weighted by molar-refractivity contribution is -0.0392. The zero-order chi connectivity index (χ0) is 17.2. The molecular weight excluding hydrogens is 309 g/mol. The molecule has 0 amide bonds. The van der Waals surface area contributed by atoms with Crippen LogP contribution in [0.4, 0.5) is 4.39 Å². The van der Waals surface area contributed by atoms with Gasteiger partial charge in [0.2, 0.25) is 0 Å². The van der Waals surface area contributed by atoms with E-state index in [0.29, 0.717) is 38.0 Å². The minimum atomic E-state index is -0.948. The fourth-order valence-electron chi connectivity index (χ4n) is 3.10. The van der Waals surface area contributed by atoms with Gasteiger partial charge in [0, 0.05) is 31.3 Å². The van der Waals surface area contributed by atoms with E-state index in [9.17, 15) is 14.3 Å². The largest absolute Gasteiger partial charge is 0.388 e. The quantitative estimate of drug-likeness (QED) is 0.927. The first-order chi connectivity index (χ1) is 11.5. The van der Waals surface area contributed by atoms with Crippen LogP contribution in [0.1, 0.15) is 24.1 Å². The normalized spacial score (nSPS) is 17.8. The van der Waals surface area contributed by atoms with Crippen molar-refractivity contribution >= 4 is 0 Å². The molecule has 1 N–H and O–H groups in total. The summed E-state index contributed by atoms with van der Waals surface area (Å²) in [7, 11) is 0. The van der Waals surface area contributed by atoms with Crippen LogP contribution in [-0.2, 0) is 13.1 Å². The van der Waals surface area contributed by atoms with Crippen molar-refractivity contribution in [2.24, 2.45) is 0 Å². The van der Waals surface area contributed by atoms with Crippen LogP contribution in [0.25, 0.3) is 0 Å². The Bertz CT molecular complexity index is 767. The van der Waals surface area contributed by atoms with Crippen molar-refractivity contribution in [2.75, 3.05) is 13.1 Å². The molecule has 128 valence electrons. The van der Waals surface area contributed by atoms with E-state index in [0.717, 1.165) is 5.69 Å². The Morgan fingerprint density at radius 3 is 2.62 bits per heavy atom. The maximum absolute atomic E-state index is 13.7. The molecule has 1 aliphatic rings. The number of hydrogen-bond donors (Lipinski definition) is 1. The molecule has 2 heterocycles. The van der Waals surface area contributed by atoms with E-state index in [-0.39, 0.29) is 17.9 Å². The molecule has 1 aromatic carbocycles. The molecule has 5 nitrogen and oxygen atoms in total. The van der Waals surface area contributed by atoms with Gasteiger partial charge < -0.3 is 5.11 Å². The van der Waals surface area contributed by atoms with Crippen LogP contribution < -0.4 is 5.56 Å². The highest BCUT2D eigenvalue weighted by atomic mass is 19.1. The Labute approximate surface area is 140 Å². The van der Waals surface area contributed by atoms with E-state index >= 15 is 0 Å². The van der Waals surface area contributed by atoms with E-state index in [1.165, 1.54) is 16.8 Å². The average molecular weight is 331 g/mol. The van der Waals surface area contributed by atoms with Crippen LogP contribution in [0.3, 0.4) is 0 Å². The molecule has 0 aliphatic carbocycles. The molecule has 24 heavy (non-hydrogen) atoms. The van der Waals surface area contributed by atoms with Gasteiger partial charge in [-0.25, -0.2) is 9.07 Å². The van der Waals surface area contributed by atoms with Crippen LogP contribution >= 0.6 is 0 Å². The summed E-state index contributed by atoms with van der Waals surface area (Å²) in [6.07, 6.45) is 1.06. The number of likely N-dealkylation sites (tertiary alicyclic amines) is 1. The van der Waals surface area contributed by atoms with Crippen molar-refractivity contribution in [3.63, 3.8) is 0 Å². The summed E-state index contributed by atoms with van der Waals surface area (Å²) in [6, 6.07) is 9.89. The summed E-state index contributed by atoms with van der Waals surface area (Å²) >= 11 is 0. The molecule has 0 atom stereocenters. The highest BCUT2D eigenvalue weighted by molar-refractivity contribution is 5.17. The lowest BCUT2D eigenvalue weighted by Gasteiger charge is -2.38. The topological polar surface area (TPSA) is 58.4 Å². The van der Waals surface area contributed by atoms with Crippen molar-refractivity contribution in [1.29, 1.82) is 0 Å². The average Bonchev–Trinajstić information content (AvgIpc) is 2.55. The van der Waals surface area contributed by atoms with Crippen molar-refractivity contribution in [3.8, 4) is 0 Å². The standard InChI is InChI=1S/C18H22FN3O2/c1-14-6-7-17(23)22(20-14)13-18(24)8-10-21(11-9-18)12-15-4-2-3-5-16(15)19/h2-7,24H,8-13H2,1H3. The number of benzene rings is 1. The first kappa shape index (κ1) is 16.8. The fraction of sp³-hybridized carbons (Fsp3) is 0.444. The van der Waals surface area contributed by atoms with Crippen molar-refractivity contribution < 1.29 is 9.50 Å². The number of aryl methyl sites for hydroxylation is 1. The molecule has 1 fully saturated rings. The Kier molecular flexibility index (Phi) is 4.78. The molecular formula is C18H22FN3O2. The van der Waals surface area contributed by atoms with E-state index in [4.69, 9.17) is 0 Å². The molecule has 6 heteroatoms. The number of aliphatic hydroxyl groups is 1. The SMILES string of the molecule is Cc1ccc(=O)n(CC2(O)CCN(Cc3ccccc3F)CC2)n1. The predicted octanol–water partition coefficient (Wildman–Crippen LogP) is 1.72. The zero-order valence-electron chi connectivity index (χ0n) is 13.8. The molecule has 1 saturated heterocycles. The van der Waals surface area contributed by atoms with Crippen molar-refractivity contribution in [1.82, 2.24) is 14.7 Å². The predicted molar refractivity (Wildman–Crippen MR) is 89.1 cm³/mol. The van der Waals surface area contributed by atoms with Crippen molar-refractivity contribution in [2.45, 2.75) is 38.5 Å². The second kappa shape index (κ2) is 6.83. The Hall–Kier alpha value is -2.05. The summed E-state index contributed by atoms with van der Waals surface area (Å²) in [5.74, 6) is -0.200. The second-order valence-corrected chi connectivity index (χ2v) is 6.56. The molecule has 0 saturated carbocycles. The molecule has 1 aromatic heterocycles. The maximum Gasteiger partial charge on any atom is 0.266 e. The van der Waals surface area contributed by atoms with Crippen LogP contribution in [-0.4, -0.2) is 38.5 Å². The van der Waals surface area contributed by atoms with Crippen LogP contribution in [0.2, 0.25) is 0 Å². The third-order valence-electron chi connectivity index (χ3n) is 4.58. The first-order valence-corrected chi connectivity index (χ1v) is 8.18. The minimum absolute atomic E-state index is 0.195. The van der Waals surface area contributed by atoms with Gasteiger partial charge in [0.05, 0.1) is 17.8 Å². The van der Waals surface area contributed by atoms with Gasteiger partial charge in [0.15, 0.2) is 0 Å². The monoisotopic (exact) mass is 331 g/mol. The molecule has 0 unspecified atom stereocenters. The van der Waals surface area contributed by atoms with Gasteiger partial charge in [0.1, 0.15) is 5.82 Å². The number of rotatable bonds is 4. The summed E-state index contributed by atoms with van der Waals surface area (Å²) in [6.45, 7) is 3.86. The number of hydrogen-bond acceptors (Lipinski definition) is 4. The molecule has 0 bridgehead atoms. The lowest BCUT2D eigenvalue weighted by atomic mass is 9.91. The molecule has 3 rings (SSSR count). The second-order valence-electron chi connectivity index (χ2n) is 6.56. The number of nitrogens with zero attached hydrogens (tertiary/aromatic N) is 3. The molecule has 1 aliphatic heterocycles. The zero-order valence-corrected chi connectivity index (χ0v) is 13.8. The molecule has 0 spiro atoms. The van der Waals surface area contributed by atoms with Crippen LogP contribution in [0.5, 0.6) is 0 Å². The first-order valence-electron chi connectivity index (χ1n) is 8.18. The Balaban J connectivity index is 1.62. The minimum Gasteiger partial charge on any atom is -0.388 e. The van der Waals surface area contributed by atoms with Gasteiger partial charge in [-0.2, -0.15) is 5.10 Å². The van der Waals surface area contributed by atoms with E-state index in [2.05, 4.69) is 10.00 Å². The summed E-state index contributed by atoms with van der Waals surface area (Å²) < 4.78 is 15.1. The van der Waals surface area contributed by atoms with Gasteiger partial charge >= 0.3 is 0 Å².